The van der Waals surface area contributed by atoms with Crippen molar-refractivity contribution in [1.82, 2.24) is 4.65 Å². The maximum atomic E-state index is 9.43. The smallest absolute Gasteiger partial charge is 0.164 e. The lowest BCUT2D eigenvalue weighted by Gasteiger charge is -2.18. The van der Waals surface area contributed by atoms with Gasteiger partial charge >= 0.3 is 0 Å². The summed E-state index contributed by atoms with van der Waals surface area (Å²) >= 11 is 0. The third kappa shape index (κ3) is 2.89. The number of halogens is 1. The first kappa shape index (κ1) is 10.4. The summed E-state index contributed by atoms with van der Waals surface area (Å²) in [6, 6.07) is 9.52. The van der Waals surface area contributed by atoms with Crippen LogP contribution in [0.5, 0.6) is 0 Å². The number of hydrogen-bond donors (Lipinski definition) is 1. The Kier molecular flexibility index (Phi) is 3.52. The molecule has 0 aliphatic rings. The molecular weight excluding hydrogens is 162 g/mol. The van der Waals surface area contributed by atoms with Crippen LogP contribution in [0.1, 0.15) is 0 Å². The fraction of sp³-hybridized carbons (Fsp3) is 0.250. The second-order valence-electron chi connectivity index (χ2n) is 2.73. The van der Waals surface area contributed by atoms with E-state index in [-0.39, 0.29) is 17.1 Å². The molecular formula is C8H12ClNO. The molecule has 0 saturated carbocycles. The van der Waals surface area contributed by atoms with Crippen LogP contribution in [0.2, 0.25) is 0 Å². The van der Waals surface area contributed by atoms with Gasteiger partial charge in [-0.1, -0.05) is 18.2 Å². The number of hydrogen-bond acceptors (Lipinski definition) is 1. The van der Waals surface area contributed by atoms with Gasteiger partial charge in [-0.2, -0.15) is 4.65 Å². The second kappa shape index (κ2) is 3.72. The molecule has 0 bridgehead atoms. The third-order valence-electron chi connectivity index (χ3n) is 1.39. The lowest BCUT2D eigenvalue weighted by atomic mass is 10.3. The first-order chi connectivity index (χ1) is 4.61. The molecule has 0 aromatic heterocycles. The number of hydroxylamine groups is 2. The molecule has 1 N–H and O–H groups in total. The van der Waals surface area contributed by atoms with Crippen LogP contribution >= 0.6 is 0 Å². The highest BCUT2D eigenvalue weighted by Crippen LogP contribution is 2.13. The highest BCUT2D eigenvalue weighted by molar-refractivity contribution is 5.38. The Hall–Kier alpha value is -0.570. The van der Waals surface area contributed by atoms with Crippen molar-refractivity contribution >= 4 is 5.69 Å². The van der Waals surface area contributed by atoms with Crippen molar-refractivity contribution in [3.05, 3.63) is 30.3 Å². The van der Waals surface area contributed by atoms with Gasteiger partial charge in [0.2, 0.25) is 0 Å². The lowest BCUT2D eigenvalue weighted by Crippen LogP contribution is -3.00. The zero-order valence-electron chi connectivity index (χ0n) is 6.66. The van der Waals surface area contributed by atoms with E-state index in [1.807, 2.05) is 30.3 Å². The Labute approximate surface area is 73.0 Å². The Morgan fingerprint density at radius 2 is 1.55 bits per heavy atom. The fourth-order valence-corrected chi connectivity index (χ4v) is 0.793. The molecule has 0 heterocycles. The molecule has 62 valence electrons. The number of quaternary nitrogens is 1. The van der Waals surface area contributed by atoms with Crippen LogP contribution in [0.3, 0.4) is 0 Å². The van der Waals surface area contributed by atoms with Crippen LogP contribution in [-0.2, 0) is 0 Å². The molecule has 0 unspecified atom stereocenters. The van der Waals surface area contributed by atoms with Gasteiger partial charge in [0.05, 0.1) is 0 Å². The molecule has 0 saturated heterocycles. The van der Waals surface area contributed by atoms with E-state index >= 15 is 0 Å². The van der Waals surface area contributed by atoms with Crippen LogP contribution in [0.4, 0.5) is 5.69 Å². The van der Waals surface area contributed by atoms with Gasteiger partial charge < -0.3 is 12.4 Å². The minimum atomic E-state index is -0.110. The van der Waals surface area contributed by atoms with Gasteiger partial charge in [0.15, 0.2) is 5.69 Å². The molecule has 0 aliphatic heterocycles. The van der Waals surface area contributed by atoms with Crippen LogP contribution < -0.4 is 17.1 Å². The van der Waals surface area contributed by atoms with E-state index in [4.69, 9.17) is 0 Å². The van der Waals surface area contributed by atoms with Gasteiger partial charge in [-0.25, -0.2) is 5.21 Å². The van der Waals surface area contributed by atoms with Crippen LogP contribution in [0.15, 0.2) is 30.3 Å². The van der Waals surface area contributed by atoms with Crippen molar-refractivity contribution in [1.29, 1.82) is 0 Å². The van der Waals surface area contributed by atoms with Crippen LogP contribution in [0.25, 0.3) is 0 Å². The Bertz CT molecular complexity index is 205. The van der Waals surface area contributed by atoms with Crippen molar-refractivity contribution in [2.24, 2.45) is 0 Å². The number of para-hydroxylation sites is 1. The highest BCUT2D eigenvalue weighted by atomic mass is 35.5. The maximum absolute atomic E-state index is 9.43. The monoisotopic (exact) mass is 173 g/mol. The van der Waals surface area contributed by atoms with Gasteiger partial charge in [0.1, 0.15) is 14.1 Å². The van der Waals surface area contributed by atoms with Crippen molar-refractivity contribution in [3.8, 4) is 0 Å². The standard InChI is InChI=1S/C8H12NO.ClH/c1-9(2,10)8-6-4-3-5-7-8;/h3-7,10H,1-2H3;1H/q+1;/p-1. The Balaban J connectivity index is 0.000001000. The summed E-state index contributed by atoms with van der Waals surface area (Å²) < 4.78 is -0.110. The SMILES string of the molecule is C[N+](C)(O)c1ccccc1.[Cl-]. The molecule has 0 aliphatic carbocycles. The number of benzene rings is 1. The molecule has 1 aromatic rings. The molecule has 3 heteroatoms. The maximum Gasteiger partial charge on any atom is 0.164 e. The molecule has 2 nitrogen and oxygen atoms in total. The van der Waals surface area contributed by atoms with Gasteiger partial charge in [0, 0.05) is 12.1 Å². The van der Waals surface area contributed by atoms with E-state index in [1.54, 1.807) is 14.1 Å². The molecule has 0 amide bonds. The Morgan fingerprint density at radius 3 is 1.82 bits per heavy atom. The summed E-state index contributed by atoms with van der Waals surface area (Å²) in [6.45, 7) is 0. The topological polar surface area (TPSA) is 20.2 Å². The fourth-order valence-electron chi connectivity index (χ4n) is 0.793. The Morgan fingerprint density at radius 1 is 1.09 bits per heavy atom. The summed E-state index contributed by atoms with van der Waals surface area (Å²) in [5.74, 6) is 0. The lowest BCUT2D eigenvalue weighted by molar-refractivity contribution is -0.0283. The van der Waals surface area contributed by atoms with E-state index in [9.17, 15) is 5.21 Å². The van der Waals surface area contributed by atoms with Gasteiger partial charge in [0.25, 0.3) is 0 Å². The summed E-state index contributed by atoms with van der Waals surface area (Å²) in [7, 11) is 3.44. The number of nitrogens with zero attached hydrogens (tertiary/aromatic N) is 1. The minimum Gasteiger partial charge on any atom is -1.00 e. The minimum absolute atomic E-state index is 0. The van der Waals surface area contributed by atoms with Crippen molar-refractivity contribution in [2.75, 3.05) is 14.1 Å². The molecule has 0 spiro atoms. The normalized spacial score (nSPS) is 10.5. The van der Waals surface area contributed by atoms with Crippen molar-refractivity contribution in [3.63, 3.8) is 0 Å². The van der Waals surface area contributed by atoms with E-state index in [1.165, 1.54) is 0 Å². The predicted molar refractivity (Wildman–Crippen MR) is 41.9 cm³/mol. The van der Waals surface area contributed by atoms with Crippen LogP contribution in [-0.4, -0.2) is 19.3 Å². The van der Waals surface area contributed by atoms with E-state index in [0.717, 1.165) is 5.69 Å². The van der Waals surface area contributed by atoms with Crippen molar-refractivity contribution < 1.29 is 17.6 Å². The molecule has 1 aromatic carbocycles. The molecule has 11 heavy (non-hydrogen) atoms. The van der Waals surface area contributed by atoms with Gasteiger partial charge in [-0.15, -0.1) is 0 Å². The molecule has 1 rings (SSSR count). The largest absolute Gasteiger partial charge is 1.00 e. The highest BCUT2D eigenvalue weighted by Gasteiger charge is 2.12. The third-order valence-corrected chi connectivity index (χ3v) is 1.39. The summed E-state index contributed by atoms with van der Waals surface area (Å²) in [6.07, 6.45) is 0. The average molecular weight is 174 g/mol. The first-order valence-electron chi connectivity index (χ1n) is 3.23. The first-order valence-corrected chi connectivity index (χ1v) is 3.23. The summed E-state index contributed by atoms with van der Waals surface area (Å²) in [5, 5.41) is 9.43. The number of rotatable bonds is 1. The van der Waals surface area contributed by atoms with E-state index in [2.05, 4.69) is 0 Å². The molecule has 0 atom stereocenters. The quantitative estimate of drug-likeness (QED) is 0.411. The zero-order valence-corrected chi connectivity index (χ0v) is 7.42. The molecule has 0 fully saturated rings. The second-order valence-corrected chi connectivity index (χ2v) is 2.73. The summed E-state index contributed by atoms with van der Waals surface area (Å²) in [5.41, 5.74) is 0.891. The summed E-state index contributed by atoms with van der Waals surface area (Å²) in [4.78, 5) is 0. The zero-order chi connectivity index (χ0) is 7.61. The van der Waals surface area contributed by atoms with E-state index in [0.29, 0.717) is 0 Å². The van der Waals surface area contributed by atoms with E-state index < -0.39 is 0 Å². The molecule has 0 radical (unpaired) electrons. The van der Waals surface area contributed by atoms with Crippen LogP contribution in [0, 0.1) is 0 Å². The average Bonchev–Trinajstić information content (AvgIpc) is 1.88. The van der Waals surface area contributed by atoms with Crippen molar-refractivity contribution in [2.45, 2.75) is 0 Å². The van der Waals surface area contributed by atoms with Gasteiger partial charge in [-0.3, -0.25) is 0 Å². The van der Waals surface area contributed by atoms with Gasteiger partial charge in [-0.05, 0) is 0 Å². The predicted octanol–water partition coefficient (Wildman–Crippen LogP) is -1.35.